The van der Waals surface area contributed by atoms with E-state index in [-0.39, 0.29) is 22.7 Å². The third-order valence-electron chi connectivity index (χ3n) is 6.93. The van der Waals surface area contributed by atoms with Crippen LogP contribution in [0.15, 0.2) is 48.8 Å². The lowest BCUT2D eigenvalue weighted by molar-refractivity contribution is 0.103. The molecule has 8 nitrogen and oxygen atoms in total. The van der Waals surface area contributed by atoms with Crippen LogP contribution in [0.1, 0.15) is 40.2 Å². The zero-order valence-corrected chi connectivity index (χ0v) is 22.0. The molecule has 0 amide bonds. The summed E-state index contributed by atoms with van der Waals surface area (Å²) in [5, 5.41) is 3.54. The van der Waals surface area contributed by atoms with Crippen LogP contribution in [0, 0.1) is 17.5 Å². The number of aromatic amines is 1. The maximum atomic E-state index is 15.3. The van der Waals surface area contributed by atoms with Gasteiger partial charge < -0.3 is 10.3 Å². The molecule has 0 aliphatic carbocycles. The van der Waals surface area contributed by atoms with E-state index < -0.39 is 38.9 Å². The smallest absolute Gasteiger partial charge is 0.301 e. The number of nitrogens with one attached hydrogen (secondary N) is 3. The molecular formula is C27H26F3N5O3S. The number of carbonyl (C=O) groups excluding carboxylic acids is 1. The third kappa shape index (κ3) is 5.14. The van der Waals surface area contributed by atoms with Crippen molar-refractivity contribution in [3.63, 3.8) is 0 Å². The molecule has 39 heavy (non-hydrogen) atoms. The second-order valence-corrected chi connectivity index (χ2v) is 11.5. The van der Waals surface area contributed by atoms with Crippen LogP contribution >= 0.6 is 0 Å². The standard InChI is InChI=1S/C27H26F3N5O3S/c1-35(2)39(37,38)34-23-6-5-21(28)24(25(23)30)26(36)20-14-33-27-19(20)11-17(13-32-27)16-3-4-18(22(29)12-16)15-7-9-31-10-8-15/h3-6,11-15,31,34H,7-10H2,1-2H3,(H,32,33). The van der Waals surface area contributed by atoms with Gasteiger partial charge in [0.1, 0.15) is 17.3 Å². The van der Waals surface area contributed by atoms with Gasteiger partial charge in [-0.1, -0.05) is 12.1 Å². The molecule has 0 saturated carbocycles. The summed E-state index contributed by atoms with van der Waals surface area (Å²) >= 11 is 0. The summed E-state index contributed by atoms with van der Waals surface area (Å²) < 4.78 is 72.2. The van der Waals surface area contributed by atoms with E-state index in [1.165, 1.54) is 32.6 Å². The summed E-state index contributed by atoms with van der Waals surface area (Å²) in [4.78, 5) is 20.5. The molecule has 0 unspecified atom stereocenters. The summed E-state index contributed by atoms with van der Waals surface area (Å²) in [6, 6.07) is 8.29. The summed E-state index contributed by atoms with van der Waals surface area (Å²) in [7, 11) is -1.64. The number of fused-ring (bicyclic) bond motifs is 1. The quantitative estimate of drug-likeness (QED) is 0.289. The molecule has 1 aliphatic rings. The zero-order chi connectivity index (χ0) is 27.9. The summed E-state index contributed by atoms with van der Waals surface area (Å²) in [5.41, 5.74) is 0.435. The Hall–Kier alpha value is -3.74. The first-order chi connectivity index (χ1) is 18.6. The lowest BCUT2D eigenvalue weighted by Gasteiger charge is -2.23. The lowest BCUT2D eigenvalue weighted by Crippen LogP contribution is -2.29. The normalized spacial score (nSPS) is 14.7. The van der Waals surface area contributed by atoms with Gasteiger partial charge in [-0.05, 0) is 67.2 Å². The minimum absolute atomic E-state index is 0.0726. The van der Waals surface area contributed by atoms with Crippen LogP contribution in [0.25, 0.3) is 22.2 Å². The van der Waals surface area contributed by atoms with E-state index in [4.69, 9.17) is 0 Å². The molecule has 5 rings (SSSR count). The van der Waals surface area contributed by atoms with E-state index in [1.54, 1.807) is 18.2 Å². The van der Waals surface area contributed by atoms with Crippen molar-refractivity contribution in [1.82, 2.24) is 19.6 Å². The first-order valence-electron chi connectivity index (χ1n) is 12.3. The maximum Gasteiger partial charge on any atom is 0.301 e. The second-order valence-electron chi connectivity index (χ2n) is 9.59. The Morgan fingerprint density at radius 3 is 2.46 bits per heavy atom. The fraction of sp³-hybridized carbons (Fsp3) is 0.259. The Balaban J connectivity index is 1.51. The van der Waals surface area contributed by atoms with E-state index in [0.29, 0.717) is 22.3 Å². The molecule has 3 heterocycles. The Kier molecular flexibility index (Phi) is 7.19. The SMILES string of the molecule is CN(C)S(=O)(=O)Nc1ccc(F)c(C(=O)c2c[nH]c3ncc(-c4ccc(C5CCNCC5)c(F)c4)cc23)c1F. The van der Waals surface area contributed by atoms with Crippen molar-refractivity contribution in [1.29, 1.82) is 0 Å². The molecule has 1 aliphatic heterocycles. The van der Waals surface area contributed by atoms with Crippen LogP contribution in [0.5, 0.6) is 0 Å². The van der Waals surface area contributed by atoms with Crippen molar-refractivity contribution in [2.75, 3.05) is 31.9 Å². The fourth-order valence-corrected chi connectivity index (χ4v) is 5.34. The number of aromatic nitrogens is 2. The molecule has 204 valence electrons. The van der Waals surface area contributed by atoms with Crippen LogP contribution in [-0.4, -0.2) is 55.7 Å². The molecule has 4 aromatic rings. The number of nitrogens with zero attached hydrogens (tertiary/aromatic N) is 2. The van der Waals surface area contributed by atoms with Crippen LogP contribution < -0.4 is 10.0 Å². The highest BCUT2D eigenvalue weighted by atomic mass is 32.2. The molecule has 0 atom stereocenters. The summed E-state index contributed by atoms with van der Waals surface area (Å²) in [6.07, 6.45) is 4.50. The molecule has 2 aromatic heterocycles. The Bertz CT molecular complexity index is 1680. The van der Waals surface area contributed by atoms with Crippen LogP contribution in [-0.2, 0) is 10.2 Å². The number of carbonyl (C=O) groups is 1. The molecule has 1 saturated heterocycles. The van der Waals surface area contributed by atoms with Gasteiger partial charge in [0.05, 0.1) is 11.3 Å². The van der Waals surface area contributed by atoms with Gasteiger partial charge in [0.2, 0.25) is 5.78 Å². The van der Waals surface area contributed by atoms with Crippen molar-refractivity contribution < 1.29 is 26.4 Å². The van der Waals surface area contributed by atoms with Crippen molar-refractivity contribution in [2.45, 2.75) is 18.8 Å². The van der Waals surface area contributed by atoms with Gasteiger partial charge in [-0.2, -0.15) is 12.7 Å². The van der Waals surface area contributed by atoms with E-state index in [1.807, 2.05) is 4.72 Å². The van der Waals surface area contributed by atoms with Crippen molar-refractivity contribution >= 4 is 32.7 Å². The summed E-state index contributed by atoms with van der Waals surface area (Å²) in [5.74, 6) is -3.70. The van der Waals surface area contributed by atoms with Crippen molar-refractivity contribution in [2.24, 2.45) is 0 Å². The highest BCUT2D eigenvalue weighted by molar-refractivity contribution is 7.90. The van der Waals surface area contributed by atoms with E-state index in [2.05, 4.69) is 15.3 Å². The second kappa shape index (κ2) is 10.4. The number of piperidine rings is 1. The maximum absolute atomic E-state index is 15.3. The van der Waals surface area contributed by atoms with Crippen molar-refractivity contribution in [3.8, 4) is 11.1 Å². The van der Waals surface area contributed by atoms with Gasteiger partial charge >= 0.3 is 10.2 Å². The number of ketones is 1. The van der Waals surface area contributed by atoms with Gasteiger partial charge in [0.15, 0.2) is 5.82 Å². The Labute approximate surface area is 223 Å². The first kappa shape index (κ1) is 26.9. The lowest BCUT2D eigenvalue weighted by atomic mass is 9.89. The fourth-order valence-electron chi connectivity index (χ4n) is 4.72. The highest BCUT2D eigenvalue weighted by Gasteiger charge is 2.27. The predicted molar refractivity (Wildman–Crippen MR) is 142 cm³/mol. The van der Waals surface area contributed by atoms with E-state index >= 15 is 8.78 Å². The zero-order valence-electron chi connectivity index (χ0n) is 21.2. The van der Waals surface area contributed by atoms with E-state index in [9.17, 15) is 17.6 Å². The molecule has 2 aromatic carbocycles. The number of hydrogen-bond acceptors (Lipinski definition) is 5. The number of hydrogen-bond donors (Lipinski definition) is 3. The Morgan fingerprint density at radius 1 is 1.03 bits per heavy atom. The summed E-state index contributed by atoms with van der Waals surface area (Å²) in [6.45, 7) is 1.67. The molecule has 0 spiro atoms. The monoisotopic (exact) mass is 557 g/mol. The molecular weight excluding hydrogens is 531 g/mol. The number of anilines is 1. The topological polar surface area (TPSA) is 107 Å². The molecule has 3 N–H and O–H groups in total. The number of pyridine rings is 1. The predicted octanol–water partition coefficient (Wildman–Crippen LogP) is 4.56. The largest absolute Gasteiger partial charge is 0.345 e. The van der Waals surface area contributed by atoms with Crippen molar-refractivity contribution in [3.05, 3.63) is 82.9 Å². The van der Waals surface area contributed by atoms with Gasteiger partial charge in [-0.25, -0.2) is 18.2 Å². The number of halogens is 3. The first-order valence-corrected chi connectivity index (χ1v) is 13.7. The number of H-pyrrole nitrogens is 1. The number of benzene rings is 2. The minimum atomic E-state index is -4.11. The van der Waals surface area contributed by atoms with Crippen LogP contribution in [0.2, 0.25) is 0 Å². The van der Waals surface area contributed by atoms with Gasteiger partial charge in [0.25, 0.3) is 0 Å². The minimum Gasteiger partial charge on any atom is -0.345 e. The molecule has 0 bridgehead atoms. The highest BCUT2D eigenvalue weighted by Crippen LogP contribution is 2.33. The van der Waals surface area contributed by atoms with Gasteiger partial charge in [0, 0.05) is 43.0 Å². The number of rotatable bonds is 7. The average molecular weight is 558 g/mol. The van der Waals surface area contributed by atoms with Gasteiger partial charge in [-0.3, -0.25) is 9.52 Å². The van der Waals surface area contributed by atoms with Crippen LogP contribution in [0.3, 0.4) is 0 Å². The Morgan fingerprint density at radius 2 is 1.77 bits per heavy atom. The average Bonchev–Trinajstić information content (AvgIpc) is 3.34. The third-order valence-corrected chi connectivity index (χ3v) is 8.37. The molecule has 0 radical (unpaired) electrons. The van der Waals surface area contributed by atoms with Crippen LogP contribution in [0.4, 0.5) is 18.9 Å². The van der Waals surface area contributed by atoms with E-state index in [0.717, 1.165) is 42.4 Å². The molecule has 12 heteroatoms. The molecule has 1 fully saturated rings. The van der Waals surface area contributed by atoms with Gasteiger partial charge in [-0.15, -0.1) is 0 Å².